The summed E-state index contributed by atoms with van der Waals surface area (Å²) in [6.07, 6.45) is 2.41. The molecule has 2 aromatic rings. The fourth-order valence-corrected chi connectivity index (χ4v) is 3.78. The third-order valence-electron chi connectivity index (χ3n) is 5.23. The van der Waals surface area contributed by atoms with Gasteiger partial charge in [0.05, 0.1) is 0 Å². The second-order valence-corrected chi connectivity index (χ2v) is 7.15. The monoisotopic (exact) mass is 349 g/mol. The Morgan fingerprint density at radius 1 is 1.12 bits per heavy atom. The van der Waals surface area contributed by atoms with E-state index in [1.165, 1.54) is 5.56 Å². The SMILES string of the molecule is CC(=O)N1Cc2ccc(NC(=O)CC3CCc4ccccc4N3)cc2C1. The molecule has 0 bridgehead atoms. The fraction of sp³-hybridized carbons (Fsp3) is 0.333. The van der Waals surface area contributed by atoms with E-state index in [1.54, 1.807) is 11.8 Å². The zero-order valence-electron chi connectivity index (χ0n) is 14.9. The summed E-state index contributed by atoms with van der Waals surface area (Å²) in [6.45, 7) is 2.86. The second kappa shape index (κ2) is 6.83. The fourth-order valence-electron chi connectivity index (χ4n) is 3.78. The van der Waals surface area contributed by atoms with Crippen molar-refractivity contribution in [2.75, 3.05) is 10.6 Å². The third-order valence-corrected chi connectivity index (χ3v) is 5.23. The average Bonchev–Trinajstić information content (AvgIpc) is 3.05. The predicted molar refractivity (Wildman–Crippen MR) is 102 cm³/mol. The van der Waals surface area contributed by atoms with E-state index < -0.39 is 0 Å². The van der Waals surface area contributed by atoms with Gasteiger partial charge in [-0.3, -0.25) is 9.59 Å². The van der Waals surface area contributed by atoms with Crippen LogP contribution in [0.4, 0.5) is 11.4 Å². The van der Waals surface area contributed by atoms with Gasteiger partial charge in [-0.1, -0.05) is 24.3 Å². The molecule has 26 heavy (non-hydrogen) atoms. The molecule has 0 saturated heterocycles. The van der Waals surface area contributed by atoms with Gasteiger partial charge in [0.15, 0.2) is 0 Å². The molecule has 0 fully saturated rings. The lowest BCUT2D eigenvalue weighted by molar-refractivity contribution is -0.129. The molecule has 134 valence electrons. The number of nitrogens with one attached hydrogen (secondary N) is 2. The molecule has 0 spiro atoms. The maximum atomic E-state index is 12.4. The van der Waals surface area contributed by atoms with Crippen LogP contribution < -0.4 is 10.6 Å². The van der Waals surface area contributed by atoms with Crippen molar-refractivity contribution in [2.45, 2.75) is 45.3 Å². The van der Waals surface area contributed by atoms with Gasteiger partial charge in [0.2, 0.25) is 11.8 Å². The van der Waals surface area contributed by atoms with Crippen molar-refractivity contribution in [3.05, 3.63) is 59.2 Å². The first-order valence-electron chi connectivity index (χ1n) is 9.10. The highest BCUT2D eigenvalue weighted by molar-refractivity contribution is 5.91. The minimum Gasteiger partial charge on any atom is -0.382 e. The van der Waals surface area contributed by atoms with Gasteiger partial charge >= 0.3 is 0 Å². The van der Waals surface area contributed by atoms with E-state index in [9.17, 15) is 9.59 Å². The predicted octanol–water partition coefficient (Wildman–Crippen LogP) is 3.30. The largest absolute Gasteiger partial charge is 0.382 e. The van der Waals surface area contributed by atoms with Gasteiger partial charge in [-0.25, -0.2) is 0 Å². The smallest absolute Gasteiger partial charge is 0.226 e. The number of para-hydroxylation sites is 1. The number of carbonyl (C=O) groups excluding carboxylic acids is 2. The van der Waals surface area contributed by atoms with Crippen LogP contribution in [0.5, 0.6) is 0 Å². The zero-order valence-corrected chi connectivity index (χ0v) is 14.9. The van der Waals surface area contributed by atoms with E-state index in [0.29, 0.717) is 19.5 Å². The van der Waals surface area contributed by atoms with Crippen molar-refractivity contribution in [2.24, 2.45) is 0 Å². The van der Waals surface area contributed by atoms with Gasteiger partial charge < -0.3 is 15.5 Å². The van der Waals surface area contributed by atoms with Crippen LogP contribution in [-0.2, 0) is 29.1 Å². The minimum absolute atomic E-state index is 0.0169. The second-order valence-electron chi connectivity index (χ2n) is 7.15. The molecule has 5 heteroatoms. The molecule has 0 aromatic heterocycles. The number of nitrogens with zero attached hydrogens (tertiary/aromatic N) is 1. The molecule has 2 aliphatic heterocycles. The first-order valence-corrected chi connectivity index (χ1v) is 9.10. The van der Waals surface area contributed by atoms with Crippen LogP contribution in [0.1, 0.15) is 36.5 Å². The van der Waals surface area contributed by atoms with Gasteiger partial charge in [0, 0.05) is 43.9 Å². The summed E-state index contributed by atoms with van der Waals surface area (Å²) >= 11 is 0. The Morgan fingerprint density at radius 2 is 1.92 bits per heavy atom. The molecular weight excluding hydrogens is 326 g/mol. The molecule has 2 aromatic carbocycles. The minimum atomic E-state index is 0.0169. The number of hydrogen-bond donors (Lipinski definition) is 2. The summed E-state index contributed by atoms with van der Waals surface area (Å²) in [6, 6.07) is 14.3. The van der Waals surface area contributed by atoms with Crippen LogP contribution in [0, 0.1) is 0 Å². The van der Waals surface area contributed by atoms with E-state index in [1.807, 2.05) is 24.3 Å². The first kappa shape index (κ1) is 16.6. The van der Waals surface area contributed by atoms with Gasteiger partial charge in [-0.15, -0.1) is 0 Å². The number of anilines is 2. The van der Waals surface area contributed by atoms with Crippen molar-refractivity contribution >= 4 is 23.2 Å². The number of amides is 2. The maximum absolute atomic E-state index is 12.4. The van der Waals surface area contributed by atoms with Crippen LogP contribution in [0.3, 0.4) is 0 Å². The molecule has 0 saturated carbocycles. The van der Waals surface area contributed by atoms with Crippen molar-refractivity contribution < 1.29 is 9.59 Å². The Labute approximate surface area is 153 Å². The van der Waals surface area contributed by atoms with Gasteiger partial charge in [0.25, 0.3) is 0 Å². The quantitative estimate of drug-likeness (QED) is 0.894. The highest BCUT2D eigenvalue weighted by Crippen LogP contribution is 2.27. The highest BCUT2D eigenvalue weighted by Gasteiger charge is 2.22. The Kier molecular flexibility index (Phi) is 4.37. The molecule has 2 heterocycles. The Hall–Kier alpha value is -2.82. The number of rotatable bonds is 3. The molecule has 0 aliphatic carbocycles. The number of carbonyl (C=O) groups is 2. The molecule has 2 N–H and O–H groups in total. The van der Waals surface area contributed by atoms with Crippen LogP contribution in [0.2, 0.25) is 0 Å². The number of hydrogen-bond acceptors (Lipinski definition) is 3. The molecule has 5 nitrogen and oxygen atoms in total. The Morgan fingerprint density at radius 3 is 2.77 bits per heavy atom. The van der Waals surface area contributed by atoms with Crippen molar-refractivity contribution in [3.8, 4) is 0 Å². The van der Waals surface area contributed by atoms with Crippen molar-refractivity contribution in [1.29, 1.82) is 0 Å². The summed E-state index contributed by atoms with van der Waals surface area (Å²) < 4.78 is 0. The van der Waals surface area contributed by atoms with E-state index >= 15 is 0 Å². The summed E-state index contributed by atoms with van der Waals surface area (Å²) in [5.74, 6) is 0.0960. The van der Waals surface area contributed by atoms with Crippen LogP contribution in [0.15, 0.2) is 42.5 Å². The number of aryl methyl sites for hydroxylation is 1. The zero-order chi connectivity index (χ0) is 18.1. The van der Waals surface area contributed by atoms with Crippen LogP contribution in [-0.4, -0.2) is 22.8 Å². The standard InChI is InChI=1S/C21H23N3O2/c1-14(25)24-12-16-7-9-18(10-17(16)13-24)23-21(26)11-19-8-6-15-4-2-3-5-20(15)22-19/h2-5,7,9-10,19,22H,6,8,11-13H2,1H3,(H,23,26). The highest BCUT2D eigenvalue weighted by atomic mass is 16.2. The lowest BCUT2D eigenvalue weighted by Gasteiger charge is -2.26. The Bertz CT molecular complexity index is 862. The van der Waals surface area contributed by atoms with Crippen LogP contribution >= 0.6 is 0 Å². The van der Waals surface area contributed by atoms with E-state index in [0.717, 1.165) is 35.3 Å². The van der Waals surface area contributed by atoms with Gasteiger partial charge in [0.1, 0.15) is 0 Å². The molecule has 2 aliphatic rings. The summed E-state index contributed by atoms with van der Waals surface area (Å²) in [5, 5.41) is 6.47. The number of fused-ring (bicyclic) bond motifs is 2. The first-order chi connectivity index (χ1) is 12.6. The van der Waals surface area contributed by atoms with Gasteiger partial charge in [-0.2, -0.15) is 0 Å². The van der Waals surface area contributed by atoms with E-state index in [2.05, 4.69) is 28.8 Å². The maximum Gasteiger partial charge on any atom is 0.226 e. The summed E-state index contributed by atoms with van der Waals surface area (Å²) in [5.41, 5.74) is 5.53. The third kappa shape index (κ3) is 3.43. The molecule has 1 unspecified atom stereocenters. The normalized spacial score (nSPS) is 17.9. The molecule has 1 atom stereocenters. The summed E-state index contributed by atoms with van der Waals surface area (Å²) in [4.78, 5) is 25.8. The molecule has 2 amide bonds. The lowest BCUT2D eigenvalue weighted by Crippen LogP contribution is -2.30. The lowest BCUT2D eigenvalue weighted by atomic mass is 9.96. The molecule has 4 rings (SSSR count). The van der Waals surface area contributed by atoms with Gasteiger partial charge in [-0.05, 0) is 47.7 Å². The van der Waals surface area contributed by atoms with Crippen LogP contribution in [0.25, 0.3) is 0 Å². The summed E-state index contributed by atoms with van der Waals surface area (Å²) in [7, 11) is 0. The average molecular weight is 349 g/mol. The number of benzene rings is 2. The topological polar surface area (TPSA) is 61.4 Å². The van der Waals surface area contributed by atoms with Crippen molar-refractivity contribution in [1.82, 2.24) is 4.90 Å². The van der Waals surface area contributed by atoms with E-state index in [4.69, 9.17) is 0 Å². The van der Waals surface area contributed by atoms with Crippen molar-refractivity contribution in [3.63, 3.8) is 0 Å². The molecular formula is C21H23N3O2. The Balaban J connectivity index is 1.36. The van der Waals surface area contributed by atoms with E-state index in [-0.39, 0.29) is 17.9 Å². The molecule has 0 radical (unpaired) electrons.